The second kappa shape index (κ2) is 12.4. The van der Waals surface area contributed by atoms with Gasteiger partial charge in [-0.25, -0.2) is 10.2 Å². The molecule has 0 spiro atoms. The first kappa shape index (κ1) is 27.5. The summed E-state index contributed by atoms with van der Waals surface area (Å²) in [6.07, 6.45) is 1.48. The van der Waals surface area contributed by atoms with E-state index in [0.29, 0.717) is 45.5 Å². The van der Waals surface area contributed by atoms with Crippen molar-refractivity contribution in [2.45, 2.75) is 6.92 Å². The number of hydrogen-bond donors (Lipinski definition) is 2. The molecule has 1 amide bonds. The molecular formula is C32H26ClN3O5. The average Bonchev–Trinajstić information content (AvgIpc) is 3.40. The van der Waals surface area contributed by atoms with Crippen molar-refractivity contribution in [3.05, 3.63) is 113 Å². The van der Waals surface area contributed by atoms with Crippen LogP contribution in [0.3, 0.4) is 0 Å². The van der Waals surface area contributed by atoms with Gasteiger partial charge in [-0.05, 0) is 60.5 Å². The molecule has 1 aromatic heterocycles. The number of methoxy groups -OCH3 is 1. The van der Waals surface area contributed by atoms with Gasteiger partial charge in [0.05, 0.1) is 36.0 Å². The van der Waals surface area contributed by atoms with Gasteiger partial charge in [-0.15, -0.1) is 0 Å². The highest BCUT2D eigenvalue weighted by Gasteiger charge is 2.20. The number of halogens is 1. The predicted octanol–water partition coefficient (Wildman–Crippen LogP) is 6.88. The van der Waals surface area contributed by atoms with Crippen LogP contribution in [0.15, 0.2) is 96.1 Å². The number of ether oxygens (including phenoxy) is 3. The van der Waals surface area contributed by atoms with Crippen LogP contribution in [0.2, 0.25) is 5.02 Å². The van der Waals surface area contributed by atoms with E-state index in [1.807, 2.05) is 49.4 Å². The number of hydrazone groups is 1. The first-order valence-corrected chi connectivity index (χ1v) is 13.2. The lowest BCUT2D eigenvalue weighted by Crippen LogP contribution is -2.18. The van der Waals surface area contributed by atoms with E-state index in [1.165, 1.54) is 13.3 Å². The number of fused-ring (bicyclic) bond motifs is 1. The van der Waals surface area contributed by atoms with Gasteiger partial charge >= 0.3 is 5.97 Å². The normalized spacial score (nSPS) is 11.0. The fourth-order valence-electron chi connectivity index (χ4n) is 4.34. The van der Waals surface area contributed by atoms with E-state index in [2.05, 4.69) is 15.5 Å². The van der Waals surface area contributed by atoms with Crippen molar-refractivity contribution >= 4 is 40.6 Å². The minimum Gasteiger partial charge on any atom is -0.497 e. The quantitative estimate of drug-likeness (QED) is 0.0875. The van der Waals surface area contributed by atoms with Crippen molar-refractivity contribution in [1.29, 1.82) is 0 Å². The molecule has 0 bridgehead atoms. The molecule has 0 aliphatic carbocycles. The molecule has 0 atom stereocenters. The summed E-state index contributed by atoms with van der Waals surface area (Å²) < 4.78 is 16.5. The first-order valence-electron chi connectivity index (χ1n) is 12.8. The first-order chi connectivity index (χ1) is 20.0. The topological polar surface area (TPSA) is 102 Å². The van der Waals surface area contributed by atoms with Crippen LogP contribution in [-0.2, 0) is 0 Å². The van der Waals surface area contributed by atoms with E-state index >= 15 is 0 Å². The Labute approximate surface area is 241 Å². The number of hydrogen-bond acceptors (Lipinski definition) is 6. The monoisotopic (exact) mass is 567 g/mol. The molecule has 9 heteroatoms. The zero-order chi connectivity index (χ0) is 28.8. The Morgan fingerprint density at radius 3 is 2.54 bits per heavy atom. The van der Waals surface area contributed by atoms with E-state index in [0.717, 1.165) is 16.5 Å². The summed E-state index contributed by atoms with van der Waals surface area (Å²) in [6, 6.07) is 26.8. The van der Waals surface area contributed by atoms with Gasteiger partial charge in [-0.1, -0.05) is 60.1 Å². The second-order valence-electron chi connectivity index (χ2n) is 8.86. The SMILES string of the molecule is CCOc1cc(C=NNC(=O)c2[nH]c3c(Cl)cccc3c2-c2ccccc2)ccc1OC(=O)c1cccc(OC)c1. The van der Waals surface area contributed by atoms with E-state index in [1.54, 1.807) is 48.5 Å². The molecule has 5 rings (SSSR count). The summed E-state index contributed by atoms with van der Waals surface area (Å²) in [4.78, 5) is 29.1. The number of esters is 1. The van der Waals surface area contributed by atoms with Crippen molar-refractivity contribution < 1.29 is 23.8 Å². The van der Waals surface area contributed by atoms with Crippen LogP contribution < -0.4 is 19.6 Å². The van der Waals surface area contributed by atoms with Crippen LogP contribution in [0, 0.1) is 0 Å². The summed E-state index contributed by atoms with van der Waals surface area (Å²) in [6.45, 7) is 2.18. The van der Waals surface area contributed by atoms with Crippen LogP contribution >= 0.6 is 11.6 Å². The molecular weight excluding hydrogens is 542 g/mol. The third-order valence-corrected chi connectivity index (χ3v) is 6.54. The van der Waals surface area contributed by atoms with Gasteiger partial charge in [-0.3, -0.25) is 4.79 Å². The number of rotatable bonds is 9. The summed E-state index contributed by atoms with van der Waals surface area (Å²) in [5.74, 6) is 0.177. The fourth-order valence-corrected chi connectivity index (χ4v) is 4.57. The minimum absolute atomic E-state index is 0.253. The van der Waals surface area contributed by atoms with Crippen LogP contribution in [0.25, 0.3) is 22.0 Å². The molecule has 4 aromatic carbocycles. The van der Waals surface area contributed by atoms with Crippen molar-refractivity contribution in [1.82, 2.24) is 10.4 Å². The maximum Gasteiger partial charge on any atom is 0.343 e. The van der Waals surface area contributed by atoms with E-state index in [4.69, 9.17) is 25.8 Å². The second-order valence-corrected chi connectivity index (χ2v) is 9.27. The van der Waals surface area contributed by atoms with Crippen LogP contribution in [0.5, 0.6) is 17.2 Å². The number of benzene rings is 4. The molecule has 1 heterocycles. The average molecular weight is 568 g/mol. The lowest BCUT2D eigenvalue weighted by molar-refractivity contribution is 0.0727. The lowest BCUT2D eigenvalue weighted by Gasteiger charge is -2.11. The van der Waals surface area contributed by atoms with Gasteiger partial charge in [0.2, 0.25) is 0 Å². The van der Waals surface area contributed by atoms with Crippen LogP contribution in [0.4, 0.5) is 0 Å². The summed E-state index contributed by atoms with van der Waals surface area (Å²) >= 11 is 6.41. The largest absolute Gasteiger partial charge is 0.497 e. The van der Waals surface area contributed by atoms with E-state index in [-0.39, 0.29) is 5.75 Å². The molecule has 0 aliphatic rings. The number of para-hydroxylation sites is 1. The lowest BCUT2D eigenvalue weighted by atomic mass is 10.0. The van der Waals surface area contributed by atoms with Gasteiger partial charge in [0.25, 0.3) is 5.91 Å². The Morgan fingerprint density at radius 1 is 0.951 bits per heavy atom. The zero-order valence-electron chi connectivity index (χ0n) is 22.3. The van der Waals surface area contributed by atoms with E-state index in [9.17, 15) is 9.59 Å². The number of H-pyrrole nitrogens is 1. The molecule has 0 fully saturated rings. The molecule has 8 nitrogen and oxygen atoms in total. The fraction of sp³-hybridized carbons (Fsp3) is 0.0938. The van der Waals surface area contributed by atoms with Gasteiger partial charge in [0.15, 0.2) is 11.5 Å². The standard InChI is InChI=1S/C32H26ClN3O5/c1-3-40-27-17-20(15-16-26(27)41-32(38)22-11-7-12-23(18-22)39-2)19-34-36-31(37)30-28(21-9-5-4-6-10-21)24-13-8-14-25(33)29(24)35-30/h4-19,35H,3H2,1-2H3,(H,36,37). The van der Waals surface area contributed by atoms with Crippen LogP contribution in [0.1, 0.15) is 33.3 Å². The molecule has 0 aliphatic heterocycles. The van der Waals surface area contributed by atoms with Crippen molar-refractivity contribution in [3.63, 3.8) is 0 Å². The Balaban J connectivity index is 1.36. The van der Waals surface area contributed by atoms with Crippen molar-refractivity contribution in [2.24, 2.45) is 5.10 Å². The van der Waals surface area contributed by atoms with E-state index < -0.39 is 11.9 Å². The maximum atomic E-state index is 13.2. The number of aromatic nitrogens is 1. The summed E-state index contributed by atoms with van der Waals surface area (Å²) in [5, 5.41) is 5.49. The minimum atomic E-state index is -0.550. The van der Waals surface area contributed by atoms with Crippen molar-refractivity contribution in [2.75, 3.05) is 13.7 Å². The summed E-state index contributed by atoms with van der Waals surface area (Å²) in [5.41, 5.74) is 6.16. The number of amides is 1. The van der Waals surface area contributed by atoms with Crippen LogP contribution in [-0.4, -0.2) is 36.8 Å². The Hall–Kier alpha value is -5.08. The number of carbonyl (C=O) groups is 2. The highest BCUT2D eigenvalue weighted by molar-refractivity contribution is 6.36. The summed E-state index contributed by atoms with van der Waals surface area (Å²) in [7, 11) is 1.53. The number of carbonyl (C=O) groups excluding carboxylic acids is 2. The maximum absolute atomic E-state index is 13.2. The number of nitrogens with zero attached hydrogens (tertiary/aromatic N) is 1. The smallest absolute Gasteiger partial charge is 0.343 e. The molecule has 0 radical (unpaired) electrons. The molecule has 41 heavy (non-hydrogen) atoms. The zero-order valence-corrected chi connectivity index (χ0v) is 23.1. The molecule has 0 saturated heterocycles. The van der Waals surface area contributed by atoms with Gasteiger partial charge in [0, 0.05) is 10.9 Å². The van der Waals surface area contributed by atoms with Gasteiger partial charge in [-0.2, -0.15) is 5.10 Å². The molecule has 0 unspecified atom stereocenters. The van der Waals surface area contributed by atoms with Gasteiger partial charge < -0.3 is 19.2 Å². The molecule has 2 N–H and O–H groups in total. The third-order valence-electron chi connectivity index (χ3n) is 6.23. The molecule has 5 aromatic rings. The van der Waals surface area contributed by atoms with Crippen molar-refractivity contribution in [3.8, 4) is 28.4 Å². The number of aromatic amines is 1. The Morgan fingerprint density at radius 2 is 1.76 bits per heavy atom. The molecule has 206 valence electrons. The highest BCUT2D eigenvalue weighted by atomic mass is 35.5. The highest BCUT2D eigenvalue weighted by Crippen LogP contribution is 2.35. The number of nitrogens with one attached hydrogen (secondary N) is 2. The third kappa shape index (κ3) is 6.08. The molecule has 0 saturated carbocycles. The Bertz CT molecular complexity index is 1750. The predicted molar refractivity (Wildman–Crippen MR) is 159 cm³/mol. The van der Waals surface area contributed by atoms with Gasteiger partial charge in [0.1, 0.15) is 11.4 Å². The Kier molecular flexibility index (Phi) is 8.31.